The van der Waals surface area contributed by atoms with Gasteiger partial charge in [-0.25, -0.2) is 0 Å². The third-order valence-corrected chi connectivity index (χ3v) is 5.14. The lowest BCUT2D eigenvalue weighted by atomic mass is 9.97. The van der Waals surface area contributed by atoms with Crippen LogP contribution in [0.15, 0.2) is 110 Å². The molecule has 1 nitrogen and oxygen atoms in total. The Bertz CT molecular complexity index is 1170. The molecular formula is C29H25N. The van der Waals surface area contributed by atoms with Crippen LogP contribution in [0.1, 0.15) is 27.8 Å². The van der Waals surface area contributed by atoms with Crippen LogP contribution in [0.5, 0.6) is 0 Å². The van der Waals surface area contributed by atoms with Crippen molar-refractivity contribution in [2.24, 2.45) is 0 Å². The highest BCUT2D eigenvalue weighted by Crippen LogP contribution is 2.31. The highest BCUT2D eigenvalue weighted by molar-refractivity contribution is 5.88. The van der Waals surface area contributed by atoms with Gasteiger partial charge in [0, 0.05) is 16.9 Å². The van der Waals surface area contributed by atoms with Crippen LogP contribution in [0.25, 0.3) is 17.7 Å². The fourth-order valence-corrected chi connectivity index (χ4v) is 3.42. The van der Waals surface area contributed by atoms with Gasteiger partial charge in [0.25, 0.3) is 0 Å². The maximum Gasteiger partial charge on any atom is 0.0464 e. The smallest absolute Gasteiger partial charge is 0.0464 e. The second-order valence-corrected chi connectivity index (χ2v) is 7.35. The van der Waals surface area contributed by atoms with E-state index < -0.39 is 0 Å². The normalized spacial score (nSPS) is 10.8. The van der Waals surface area contributed by atoms with Gasteiger partial charge < -0.3 is 5.32 Å². The lowest BCUT2D eigenvalue weighted by molar-refractivity contribution is 1.44. The molecule has 0 aliphatic rings. The van der Waals surface area contributed by atoms with E-state index in [4.69, 9.17) is 0 Å². The first-order chi connectivity index (χ1) is 14.7. The van der Waals surface area contributed by atoms with Crippen LogP contribution in [0.4, 0.5) is 11.4 Å². The average molecular weight is 388 g/mol. The number of nitrogens with one attached hydrogen (secondary N) is 1. The number of hydrogen-bond donors (Lipinski definition) is 1. The van der Waals surface area contributed by atoms with E-state index in [2.05, 4.69) is 128 Å². The van der Waals surface area contributed by atoms with Crippen LogP contribution >= 0.6 is 0 Å². The summed E-state index contributed by atoms with van der Waals surface area (Å²) in [7, 11) is 0. The summed E-state index contributed by atoms with van der Waals surface area (Å²) < 4.78 is 0. The maximum atomic E-state index is 4.37. The van der Waals surface area contributed by atoms with Crippen molar-refractivity contribution in [1.82, 2.24) is 0 Å². The zero-order chi connectivity index (χ0) is 20.8. The number of aryl methyl sites for hydroxylation is 1. The zero-order valence-electron chi connectivity index (χ0n) is 17.2. The lowest BCUT2D eigenvalue weighted by Gasteiger charge is -2.16. The summed E-state index contributed by atoms with van der Waals surface area (Å²) in [6.45, 7) is 6.47. The first-order valence-corrected chi connectivity index (χ1v) is 10.2. The molecule has 0 aliphatic carbocycles. The fraction of sp³-hybridized carbons (Fsp3) is 0.0345. The molecule has 0 radical (unpaired) electrons. The van der Waals surface area contributed by atoms with Crippen LogP contribution in [-0.2, 0) is 0 Å². The summed E-state index contributed by atoms with van der Waals surface area (Å²) in [5.74, 6) is 0. The second kappa shape index (κ2) is 9.11. The monoisotopic (exact) mass is 387 g/mol. The lowest BCUT2D eigenvalue weighted by Crippen LogP contribution is -1.98. The molecule has 4 aromatic rings. The molecule has 1 heteroatoms. The maximum absolute atomic E-state index is 4.37. The minimum atomic E-state index is 1.01. The zero-order valence-corrected chi connectivity index (χ0v) is 17.2. The summed E-state index contributed by atoms with van der Waals surface area (Å²) in [5, 5.41) is 3.63. The van der Waals surface area contributed by atoms with Crippen molar-refractivity contribution in [2.75, 3.05) is 5.32 Å². The largest absolute Gasteiger partial charge is 0.355 e. The van der Waals surface area contributed by atoms with Crippen molar-refractivity contribution in [1.29, 1.82) is 0 Å². The SMILES string of the molecule is C=C(c1ccc(C)cc1)c1ccccc1Nc1ccccc1/C=C/c1ccccc1. The summed E-state index contributed by atoms with van der Waals surface area (Å²) in [6.07, 6.45) is 4.28. The molecule has 0 unspecified atom stereocenters. The Hall–Kier alpha value is -3.84. The van der Waals surface area contributed by atoms with Crippen molar-refractivity contribution in [3.05, 3.63) is 138 Å². The van der Waals surface area contributed by atoms with Gasteiger partial charge in [0.2, 0.25) is 0 Å². The Balaban J connectivity index is 1.64. The van der Waals surface area contributed by atoms with Crippen LogP contribution in [0.3, 0.4) is 0 Å². The number of rotatable bonds is 6. The van der Waals surface area contributed by atoms with E-state index >= 15 is 0 Å². The first-order valence-electron chi connectivity index (χ1n) is 10.2. The summed E-state index contributed by atoms with van der Waals surface area (Å²) in [4.78, 5) is 0. The molecule has 0 aliphatic heterocycles. The van der Waals surface area contributed by atoms with E-state index in [1.165, 1.54) is 11.1 Å². The first kappa shape index (κ1) is 19.5. The molecule has 0 spiro atoms. The quantitative estimate of drug-likeness (QED) is 0.331. The van der Waals surface area contributed by atoms with Crippen molar-refractivity contribution < 1.29 is 0 Å². The van der Waals surface area contributed by atoms with Gasteiger partial charge in [0.1, 0.15) is 0 Å². The highest BCUT2D eigenvalue weighted by Gasteiger charge is 2.09. The summed E-state index contributed by atoms with van der Waals surface area (Å²) in [6, 6.07) is 35.5. The van der Waals surface area contributed by atoms with Gasteiger partial charge >= 0.3 is 0 Å². The molecule has 4 rings (SSSR count). The van der Waals surface area contributed by atoms with Crippen molar-refractivity contribution in [2.45, 2.75) is 6.92 Å². The minimum absolute atomic E-state index is 1.01. The number of hydrogen-bond acceptors (Lipinski definition) is 1. The van der Waals surface area contributed by atoms with E-state index in [-0.39, 0.29) is 0 Å². The number of para-hydroxylation sites is 2. The predicted octanol–water partition coefficient (Wildman–Crippen LogP) is 7.97. The molecule has 0 atom stereocenters. The van der Waals surface area contributed by atoms with Crippen LogP contribution in [0, 0.1) is 6.92 Å². The molecule has 0 aromatic heterocycles. The second-order valence-electron chi connectivity index (χ2n) is 7.35. The molecule has 0 saturated heterocycles. The van der Waals surface area contributed by atoms with Crippen LogP contribution < -0.4 is 5.32 Å². The molecule has 0 fully saturated rings. The molecule has 0 bridgehead atoms. The predicted molar refractivity (Wildman–Crippen MR) is 131 cm³/mol. The summed E-state index contributed by atoms with van der Waals surface area (Å²) in [5.41, 5.74) is 8.91. The van der Waals surface area contributed by atoms with Gasteiger partial charge in [-0.3, -0.25) is 0 Å². The highest BCUT2D eigenvalue weighted by atomic mass is 14.9. The Morgan fingerprint density at radius 2 is 1.30 bits per heavy atom. The van der Waals surface area contributed by atoms with Gasteiger partial charge in [0.05, 0.1) is 0 Å². The van der Waals surface area contributed by atoms with E-state index in [0.717, 1.165) is 33.6 Å². The fourth-order valence-electron chi connectivity index (χ4n) is 3.42. The topological polar surface area (TPSA) is 12.0 Å². The van der Waals surface area contributed by atoms with Gasteiger partial charge in [-0.15, -0.1) is 0 Å². The van der Waals surface area contributed by atoms with Crippen LogP contribution in [0.2, 0.25) is 0 Å². The molecule has 4 aromatic carbocycles. The van der Waals surface area contributed by atoms with Crippen LogP contribution in [-0.4, -0.2) is 0 Å². The van der Waals surface area contributed by atoms with E-state index in [9.17, 15) is 0 Å². The third-order valence-electron chi connectivity index (χ3n) is 5.14. The standard InChI is InChI=1S/C29H25N/c1-22-16-19-25(20-17-22)23(2)27-13-7-9-15-29(27)30-28-14-8-6-12-26(28)21-18-24-10-4-3-5-11-24/h3-21,30H,2H2,1H3/b21-18+. The Kier molecular flexibility index (Phi) is 5.91. The van der Waals surface area contributed by atoms with Crippen molar-refractivity contribution in [3.8, 4) is 0 Å². The Labute approximate surface area is 179 Å². The van der Waals surface area contributed by atoms with Crippen molar-refractivity contribution >= 4 is 29.1 Å². The van der Waals surface area contributed by atoms with Gasteiger partial charge in [-0.2, -0.15) is 0 Å². The minimum Gasteiger partial charge on any atom is -0.355 e. The molecule has 0 amide bonds. The van der Waals surface area contributed by atoms with E-state index in [0.29, 0.717) is 0 Å². The Morgan fingerprint density at radius 3 is 2.07 bits per heavy atom. The van der Waals surface area contributed by atoms with Gasteiger partial charge in [-0.1, -0.05) is 115 Å². The van der Waals surface area contributed by atoms with Gasteiger partial charge in [-0.05, 0) is 41.3 Å². The molecule has 146 valence electrons. The number of anilines is 2. The molecule has 0 saturated carbocycles. The molecule has 0 heterocycles. The molecule has 1 N–H and O–H groups in total. The third kappa shape index (κ3) is 4.59. The van der Waals surface area contributed by atoms with Gasteiger partial charge in [0.15, 0.2) is 0 Å². The van der Waals surface area contributed by atoms with E-state index in [1.807, 2.05) is 6.07 Å². The van der Waals surface area contributed by atoms with E-state index in [1.54, 1.807) is 0 Å². The molecule has 30 heavy (non-hydrogen) atoms. The molecular weight excluding hydrogens is 362 g/mol. The number of benzene rings is 4. The summed E-state index contributed by atoms with van der Waals surface area (Å²) >= 11 is 0. The Morgan fingerprint density at radius 1 is 0.667 bits per heavy atom. The average Bonchev–Trinajstić information content (AvgIpc) is 2.80. The van der Waals surface area contributed by atoms with Crippen molar-refractivity contribution in [3.63, 3.8) is 0 Å².